The number of carbonyl (C=O) groups is 1. The Morgan fingerprint density at radius 1 is 1.04 bits per heavy atom. The van der Waals surface area contributed by atoms with Gasteiger partial charge >= 0.3 is 5.97 Å². The highest BCUT2D eigenvalue weighted by Crippen LogP contribution is 2.30. The summed E-state index contributed by atoms with van der Waals surface area (Å²) in [5.41, 5.74) is 4.22. The van der Waals surface area contributed by atoms with Gasteiger partial charge in [-0.05, 0) is 31.0 Å². The summed E-state index contributed by atoms with van der Waals surface area (Å²) in [7, 11) is 0. The number of aromatic nitrogens is 2. The second-order valence-electron chi connectivity index (χ2n) is 5.49. The Kier molecular flexibility index (Phi) is 3.93. The van der Waals surface area contributed by atoms with Crippen LogP contribution in [0.3, 0.4) is 0 Å². The molecule has 3 aromatic rings. The zero-order valence-electron chi connectivity index (χ0n) is 13.0. The van der Waals surface area contributed by atoms with Crippen LogP contribution in [0.4, 0.5) is 5.82 Å². The molecule has 0 amide bonds. The van der Waals surface area contributed by atoms with Crippen molar-refractivity contribution in [2.75, 3.05) is 11.9 Å². The lowest BCUT2D eigenvalue weighted by molar-refractivity contribution is -0.134. The second-order valence-corrected chi connectivity index (χ2v) is 5.49. The smallest absolute Gasteiger partial charge is 0.322 e. The fraction of sp³-hybridized carbons (Fsp3) is 0.167. The number of aryl methyl sites for hydroxylation is 2. The van der Waals surface area contributed by atoms with E-state index in [1.165, 1.54) is 11.1 Å². The zero-order valence-corrected chi connectivity index (χ0v) is 13.0. The number of fused-ring (bicyclic) bond motifs is 1. The summed E-state index contributed by atoms with van der Waals surface area (Å²) in [5, 5.41) is 21.9. The fourth-order valence-electron chi connectivity index (χ4n) is 2.50. The monoisotopic (exact) mass is 307 g/mol. The van der Waals surface area contributed by atoms with Gasteiger partial charge in [-0.25, -0.2) is 0 Å². The molecule has 5 heteroatoms. The molecular formula is C18H17N3O2. The highest BCUT2D eigenvalue weighted by molar-refractivity contribution is 6.00. The van der Waals surface area contributed by atoms with Crippen molar-refractivity contribution in [3.05, 3.63) is 53.6 Å². The van der Waals surface area contributed by atoms with Crippen LogP contribution in [0.15, 0.2) is 42.5 Å². The van der Waals surface area contributed by atoms with Gasteiger partial charge in [-0.2, -0.15) is 0 Å². The molecule has 0 aliphatic carbocycles. The van der Waals surface area contributed by atoms with Crippen molar-refractivity contribution in [3.8, 4) is 11.3 Å². The molecule has 1 aromatic heterocycles. The van der Waals surface area contributed by atoms with Crippen LogP contribution in [0.1, 0.15) is 11.1 Å². The third kappa shape index (κ3) is 2.99. The Balaban J connectivity index is 2.14. The van der Waals surface area contributed by atoms with Crippen LogP contribution in [0, 0.1) is 13.8 Å². The lowest BCUT2D eigenvalue weighted by Crippen LogP contribution is -2.14. The average Bonchev–Trinajstić information content (AvgIpc) is 2.55. The third-order valence-electron chi connectivity index (χ3n) is 3.87. The first kappa shape index (κ1) is 15.0. The minimum atomic E-state index is -0.936. The van der Waals surface area contributed by atoms with Crippen LogP contribution < -0.4 is 5.32 Å². The molecular weight excluding hydrogens is 290 g/mol. The van der Waals surface area contributed by atoms with Crippen LogP contribution >= 0.6 is 0 Å². The van der Waals surface area contributed by atoms with Gasteiger partial charge in [0.25, 0.3) is 0 Å². The van der Waals surface area contributed by atoms with Crippen LogP contribution in [0.5, 0.6) is 0 Å². The van der Waals surface area contributed by atoms with Crippen molar-refractivity contribution in [2.45, 2.75) is 13.8 Å². The van der Waals surface area contributed by atoms with E-state index in [1.54, 1.807) is 0 Å². The maximum Gasteiger partial charge on any atom is 0.322 e. The van der Waals surface area contributed by atoms with Gasteiger partial charge in [0.15, 0.2) is 5.82 Å². The predicted octanol–water partition coefficient (Wildman–Crippen LogP) is 3.41. The zero-order chi connectivity index (χ0) is 16.4. The van der Waals surface area contributed by atoms with Gasteiger partial charge in [0.2, 0.25) is 0 Å². The number of hydrogen-bond acceptors (Lipinski definition) is 4. The summed E-state index contributed by atoms with van der Waals surface area (Å²) in [5.74, 6) is -0.454. The molecule has 0 aliphatic rings. The van der Waals surface area contributed by atoms with Crippen LogP contribution in [-0.4, -0.2) is 27.8 Å². The number of aliphatic carboxylic acids is 1. The second kappa shape index (κ2) is 6.04. The first-order chi connectivity index (χ1) is 11.1. The molecule has 3 rings (SSSR count). The molecule has 2 N–H and O–H groups in total. The maximum absolute atomic E-state index is 10.8. The molecule has 0 spiro atoms. The van der Waals surface area contributed by atoms with Gasteiger partial charge in [0.05, 0.1) is 0 Å². The van der Waals surface area contributed by atoms with E-state index in [0.29, 0.717) is 5.82 Å². The fourth-order valence-corrected chi connectivity index (χ4v) is 2.50. The molecule has 2 aromatic carbocycles. The van der Waals surface area contributed by atoms with Gasteiger partial charge in [0.1, 0.15) is 12.2 Å². The predicted molar refractivity (Wildman–Crippen MR) is 90.6 cm³/mol. The Labute approximate surface area is 134 Å². The highest BCUT2D eigenvalue weighted by atomic mass is 16.4. The van der Waals surface area contributed by atoms with E-state index in [1.807, 2.05) is 30.3 Å². The lowest BCUT2D eigenvalue weighted by Gasteiger charge is -2.11. The highest BCUT2D eigenvalue weighted by Gasteiger charge is 2.11. The summed E-state index contributed by atoms with van der Waals surface area (Å²) in [6, 6.07) is 13.9. The van der Waals surface area contributed by atoms with Crippen molar-refractivity contribution in [1.82, 2.24) is 10.2 Å². The Bertz CT molecular complexity index is 891. The number of nitrogens with one attached hydrogen (secondary N) is 1. The summed E-state index contributed by atoms with van der Waals surface area (Å²) >= 11 is 0. The van der Waals surface area contributed by atoms with Gasteiger partial charge in [-0.15, -0.1) is 10.2 Å². The molecule has 0 bridgehead atoms. The van der Waals surface area contributed by atoms with E-state index >= 15 is 0 Å². The number of nitrogens with zero attached hydrogens (tertiary/aromatic N) is 2. The van der Waals surface area contributed by atoms with Crippen molar-refractivity contribution in [2.24, 2.45) is 0 Å². The minimum Gasteiger partial charge on any atom is -0.480 e. The van der Waals surface area contributed by atoms with E-state index in [2.05, 4.69) is 41.5 Å². The van der Waals surface area contributed by atoms with Gasteiger partial charge < -0.3 is 10.4 Å². The van der Waals surface area contributed by atoms with Crippen LogP contribution in [0.2, 0.25) is 0 Å². The first-order valence-electron chi connectivity index (χ1n) is 7.35. The topological polar surface area (TPSA) is 75.1 Å². The number of benzene rings is 2. The van der Waals surface area contributed by atoms with Gasteiger partial charge in [-0.1, -0.05) is 36.4 Å². The number of carboxylic acids is 1. The van der Waals surface area contributed by atoms with E-state index in [-0.39, 0.29) is 6.54 Å². The third-order valence-corrected chi connectivity index (χ3v) is 3.87. The summed E-state index contributed by atoms with van der Waals surface area (Å²) in [4.78, 5) is 10.8. The molecule has 0 saturated heterocycles. The van der Waals surface area contributed by atoms with Crippen LogP contribution in [0.25, 0.3) is 22.0 Å². The molecule has 23 heavy (non-hydrogen) atoms. The Morgan fingerprint density at radius 2 is 1.78 bits per heavy atom. The minimum absolute atomic E-state index is 0.193. The van der Waals surface area contributed by atoms with E-state index in [9.17, 15) is 4.79 Å². The van der Waals surface area contributed by atoms with Crippen molar-refractivity contribution in [1.29, 1.82) is 0 Å². The number of rotatable bonds is 4. The van der Waals surface area contributed by atoms with E-state index < -0.39 is 5.97 Å². The molecule has 0 radical (unpaired) electrons. The Morgan fingerprint density at radius 3 is 2.48 bits per heavy atom. The average molecular weight is 307 g/mol. The normalized spacial score (nSPS) is 10.7. The molecule has 0 saturated carbocycles. The summed E-state index contributed by atoms with van der Waals surface area (Å²) < 4.78 is 0. The number of carboxylic acid groups (broad SMARTS) is 1. The van der Waals surface area contributed by atoms with Gasteiger partial charge in [-0.3, -0.25) is 4.79 Å². The van der Waals surface area contributed by atoms with Crippen molar-refractivity contribution >= 4 is 22.6 Å². The van der Waals surface area contributed by atoms with E-state index in [4.69, 9.17) is 5.11 Å². The molecule has 5 nitrogen and oxygen atoms in total. The molecule has 0 unspecified atom stereocenters. The number of anilines is 1. The quantitative estimate of drug-likeness (QED) is 0.772. The molecule has 1 heterocycles. The molecule has 0 aliphatic heterocycles. The summed E-state index contributed by atoms with van der Waals surface area (Å²) in [6.45, 7) is 3.95. The molecule has 0 atom stereocenters. The molecule has 0 fully saturated rings. The van der Waals surface area contributed by atoms with E-state index in [0.717, 1.165) is 22.0 Å². The maximum atomic E-state index is 10.8. The standard InChI is InChI=1S/C18H17N3O2/c1-11-7-8-13(9-12(11)2)17-14-5-3-4-6-15(14)18(21-20-17)19-10-16(22)23/h3-9H,10H2,1-2H3,(H,19,21)(H,22,23). The summed E-state index contributed by atoms with van der Waals surface area (Å²) in [6.07, 6.45) is 0. The SMILES string of the molecule is Cc1ccc(-c2nnc(NCC(=O)O)c3ccccc23)cc1C. The van der Waals surface area contributed by atoms with Crippen molar-refractivity contribution in [3.63, 3.8) is 0 Å². The van der Waals surface area contributed by atoms with Crippen LogP contribution in [-0.2, 0) is 4.79 Å². The van der Waals surface area contributed by atoms with Gasteiger partial charge in [0, 0.05) is 16.3 Å². The molecule has 116 valence electrons. The largest absolute Gasteiger partial charge is 0.480 e. The Hall–Kier alpha value is -2.95. The first-order valence-corrected chi connectivity index (χ1v) is 7.35. The number of hydrogen-bond donors (Lipinski definition) is 2. The van der Waals surface area contributed by atoms with Crippen molar-refractivity contribution < 1.29 is 9.90 Å². The lowest BCUT2D eigenvalue weighted by atomic mass is 10.0.